The Morgan fingerprint density at radius 3 is 2.54 bits per heavy atom. The first-order valence-corrected chi connectivity index (χ1v) is 10.6. The van der Waals surface area contributed by atoms with E-state index >= 15 is 0 Å². The molecule has 26 heavy (non-hydrogen) atoms. The minimum Gasteiger partial charge on any atom is -0.356 e. The second kappa shape index (κ2) is 9.58. The standard InChI is InChI=1S/C20H37N5O/c1-16(14-24-10-5-6-11-24)13-22-20(21-2)23-18-9-12-25(15-18)19(26)17-7-3-4-8-17/h16-18H,3-15H2,1-2H3,(H2,21,22,23). The van der Waals surface area contributed by atoms with Gasteiger partial charge in [-0.05, 0) is 51.1 Å². The summed E-state index contributed by atoms with van der Waals surface area (Å²) in [5, 5.41) is 7.00. The highest BCUT2D eigenvalue weighted by Gasteiger charge is 2.32. The van der Waals surface area contributed by atoms with E-state index in [-0.39, 0.29) is 5.92 Å². The van der Waals surface area contributed by atoms with Crippen LogP contribution in [0.15, 0.2) is 4.99 Å². The number of likely N-dealkylation sites (tertiary alicyclic amines) is 2. The minimum atomic E-state index is 0.289. The predicted molar refractivity (Wildman–Crippen MR) is 106 cm³/mol. The highest BCUT2D eigenvalue weighted by atomic mass is 16.2. The van der Waals surface area contributed by atoms with Crippen molar-refractivity contribution in [2.75, 3.05) is 46.3 Å². The van der Waals surface area contributed by atoms with Crippen LogP contribution < -0.4 is 10.6 Å². The fourth-order valence-corrected chi connectivity index (χ4v) is 4.64. The molecule has 0 radical (unpaired) electrons. The zero-order chi connectivity index (χ0) is 18.4. The molecule has 1 aliphatic carbocycles. The first-order chi connectivity index (χ1) is 12.7. The highest BCUT2D eigenvalue weighted by Crippen LogP contribution is 2.27. The first kappa shape index (κ1) is 19.5. The van der Waals surface area contributed by atoms with Crippen molar-refractivity contribution < 1.29 is 4.79 Å². The van der Waals surface area contributed by atoms with E-state index in [4.69, 9.17) is 0 Å². The fourth-order valence-electron chi connectivity index (χ4n) is 4.64. The molecule has 0 aromatic carbocycles. The highest BCUT2D eigenvalue weighted by molar-refractivity contribution is 5.81. The summed E-state index contributed by atoms with van der Waals surface area (Å²) in [5.41, 5.74) is 0. The summed E-state index contributed by atoms with van der Waals surface area (Å²) in [6.45, 7) is 8.62. The van der Waals surface area contributed by atoms with Gasteiger partial charge in [0, 0.05) is 45.2 Å². The van der Waals surface area contributed by atoms with Crippen molar-refractivity contribution in [3.8, 4) is 0 Å². The average Bonchev–Trinajstić information content (AvgIpc) is 3.40. The number of guanidine groups is 1. The quantitative estimate of drug-likeness (QED) is 0.557. The van der Waals surface area contributed by atoms with Gasteiger partial charge in [-0.2, -0.15) is 0 Å². The van der Waals surface area contributed by atoms with E-state index in [1.54, 1.807) is 0 Å². The Hall–Kier alpha value is -1.30. The van der Waals surface area contributed by atoms with Gasteiger partial charge < -0.3 is 20.4 Å². The molecular weight excluding hydrogens is 326 g/mol. The zero-order valence-corrected chi connectivity index (χ0v) is 16.7. The van der Waals surface area contributed by atoms with Crippen LogP contribution in [-0.4, -0.2) is 74.0 Å². The fraction of sp³-hybridized carbons (Fsp3) is 0.900. The number of amides is 1. The summed E-state index contributed by atoms with van der Waals surface area (Å²) in [6, 6.07) is 0.320. The van der Waals surface area contributed by atoms with Crippen LogP contribution in [0.2, 0.25) is 0 Å². The van der Waals surface area contributed by atoms with Crippen molar-refractivity contribution in [1.29, 1.82) is 0 Å². The molecule has 6 heteroatoms. The van der Waals surface area contributed by atoms with Crippen molar-refractivity contribution in [2.45, 2.75) is 57.9 Å². The van der Waals surface area contributed by atoms with Gasteiger partial charge in [0.1, 0.15) is 0 Å². The molecule has 0 aromatic heterocycles. The zero-order valence-electron chi connectivity index (χ0n) is 16.7. The smallest absolute Gasteiger partial charge is 0.225 e. The third-order valence-electron chi connectivity index (χ3n) is 6.16. The largest absolute Gasteiger partial charge is 0.356 e. The molecule has 0 aromatic rings. The van der Waals surface area contributed by atoms with Gasteiger partial charge in [0.05, 0.1) is 0 Å². The van der Waals surface area contributed by atoms with E-state index in [1.807, 2.05) is 7.05 Å². The molecule has 0 spiro atoms. The van der Waals surface area contributed by atoms with Crippen LogP contribution in [0.4, 0.5) is 0 Å². The summed E-state index contributed by atoms with van der Waals surface area (Å²) in [5.74, 6) is 2.15. The van der Waals surface area contributed by atoms with Crippen molar-refractivity contribution in [3.63, 3.8) is 0 Å². The van der Waals surface area contributed by atoms with Crippen LogP contribution in [0.5, 0.6) is 0 Å². The number of hydrogen-bond acceptors (Lipinski definition) is 3. The number of carbonyl (C=O) groups excluding carboxylic acids is 1. The molecule has 2 N–H and O–H groups in total. The topological polar surface area (TPSA) is 60.0 Å². The Labute approximate surface area is 158 Å². The van der Waals surface area contributed by atoms with Gasteiger partial charge in [-0.25, -0.2) is 0 Å². The molecule has 3 aliphatic rings. The Morgan fingerprint density at radius 1 is 1.12 bits per heavy atom. The second-order valence-electron chi connectivity index (χ2n) is 8.46. The lowest BCUT2D eigenvalue weighted by atomic mass is 10.1. The van der Waals surface area contributed by atoms with Crippen LogP contribution >= 0.6 is 0 Å². The lowest BCUT2D eigenvalue weighted by Gasteiger charge is -2.23. The van der Waals surface area contributed by atoms with E-state index in [9.17, 15) is 4.79 Å². The number of carbonyl (C=O) groups is 1. The van der Waals surface area contributed by atoms with E-state index < -0.39 is 0 Å². The number of rotatable bonds is 6. The Morgan fingerprint density at radius 2 is 1.85 bits per heavy atom. The van der Waals surface area contributed by atoms with Gasteiger partial charge in [0.15, 0.2) is 5.96 Å². The lowest BCUT2D eigenvalue weighted by molar-refractivity contribution is -0.134. The van der Waals surface area contributed by atoms with Crippen LogP contribution in [-0.2, 0) is 4.79 Å². The maximum atomic E-state index is 12.6. The summed E-state index contributed by atoms with van der Waals surface area (Å²) >= 11 is 0. The van der Waals surface area contributed by atoms with Crippen LogP contribution in [0.25, 0.3) is 0 Å². The lowest BCUT2D eigenvalue weighted by Crippen LogP contribution is -2.47. The maximum absolute atomic E-state index is 12.6. The number of nitrogens with one attached hydrogen (secondary N) is 2. The molecule has 148 valence electrons. The van der Waals surface area contributed by atoms with E-state index in [1.165, 1.54) is 38.8 Å². The van der Waals surface area contributed by atoms with Crippen LogP contribution in [0.3, 0.4) is 0 Å². The average molecular weight is 364 g/mol. The van der Waals surface area contributed by atoms with Crippen LogP contribution in [0, 0.1) is 11.8 Å². The van der Waals surface area contributed by atoms with Crippen molar-refractivity contribution in [3.05, 3.63) is 0 Å². The molecule has 2 atom stereocenters. The van der Waals surface area contributed by atoms with Crippen LogP contribution in [0.1, 0.15) is 51.9 Å². The summed E-state index contributed by atoms with van der Waals surface area (Å²) in [4.78, 5) is 21.6. The normalized spacial score (nSPS) is 26.5. The Bertz CT molecular complexity index is 483. The Balaban J connectivity index is 1.37. The number of hydrogen-bond donors (Lipinski definition) is 2. The van der Waals surface area contributed by atoms with Crippen molar-refractivity contribution in [1.82, 2.24) is 20.4 Å². The van der Waals surface area contributed by atoms with Gasteiger partial charge in [-0.3, -0.25) is 9.79 Å². The molecular formula is C20H37N5O. The molecule has 3 fully saturated rings. The third kappa shape index (κ3) is 5.35. The molecule has 3 rings (SSSR count). The van der Waals surface area contributed by atoms with Gasteiger partial charge in [-0.15, -0.1) is 0 Å². The summed E-state index contributed by atoms with van der Waals surface area (Å²) < 4.78 is 0. The third-order valence-corrected chi connectivity index (χ3v) is 6.16. The van der Waals surface area contributed by atoms with Crippen molar-refractivity contribution in [2.24, 2.45) is 16.8 Å². The molecule has 2 aliphatic heterocycles. The van der Waals surface area contributed by atoms with E-state index in [0.717, 1.165) is 51.4 Å². The predicted octanol–water partition coefficient (Wildman–Crippen LogP) is 1.67. The van der Waals surface area contributed by atoms with Gasteiger partial charge >= 0.3 is 0 Å². The molecule has 1 saturated carbocycles. The van der Waals surface area contributed by atoms with Gasteiger partial charge in [-0.1, -0.05) is 19.8 Å². The van der Waals surface area contributed by atoms with Gasteiger partial charge in [0.25, 0.3) is 0 Å². The monoisotopic (exact) mass is 363 g/mol. The number of aliphatic imine (C=N–C) groups is 1. The first-order valence-electron chi connectivity index (χ1n) is 10.6. The summed E-state index contributed by atoms with van der Waals surface area (Å²) in [7, 11) is 1.83. The van der Waals surface area contributed by atoms with Gasteiger partial charge in [0.2, 0.25) is 5.91 Å². The second-order valence-corrected chi connectivity index (χ2v) is 8.46. The molecule has 2 heterocycles. The molecule has 1 amide bonds. The Kier molecular flexibility index (Phi) is 7.17. The SMILES string of the molecule is CN=C(NCC(C)CN1CCCC1)NC1CCN(C(=O)C2CCCC2)C1. The number of nitrogens with zero attached hydrogens (tertiary/aromatic N) is 3. The van der Waals surface area contributed by atoms with E-state index in [0.29, 0.717) is 17.9 Å². The molecule has 2 saturated heterocycles. The van der Waals surface area contributed by atoms with E-state index in [2.05, 4.69) is 32.3 Å². The maximum Gasteiger partial charge on any atom is 0.225 e. The summed E-state index contributed by atoms with van der Waals surface area (Å²) in [6.07, 6.45) is 8.33. The molecule has 0 bridgehead atoms. The minimum absolute atomic E-state index is 0.289. The van der Waals surface area contributed by atoms with Crippen molar-refractivity contribution >= 4 is 11.9 Å². The molecule has 2 unspecified atom stereocenters. The molecule has 6 nitrogen and oxygen atoms in total.